The Kier molecular flexibility index (Phi) is 1.86. The summed E-state index contributed by atoms with van der Waals surface area (Å²) in [5, 5.41) is 11.1. The van der Waals surface area contributed by atoms with E-state index in [2.05, 4.69) is 16.5 Å². The lowest BCUT2D eigenvalue weighted by molar-refractivity contribution is 0.515. The van der Waals surface area contributed by atoms with Gasteiger partial charge in [0.2, 0.25) is 0 Å². The third-order valence-corrected chi connectivity index (χ3v) is 2.86. The number of nitrogens with one attached hydrogen (secondary N) is 2. The normalized spacial score (nSPS) is 11.1. The number of benzene rings is 1. The molecule has 84 valence electrons. The van der Waals surface area contributed by atoms with Gasteiger partial charge in [-0.2, -0.15) is 0 Å². The molecule has 0 saturated carbocycles. The second-order valence-corrected chi connectivity index (χ2v) is 3.90. The Morgan fingerprint density at radius 3 is 2.82 bits per heavy atom. The Morgan fingerprint density at radius 2 is 2.06 bits per heavy atom. The van der Waals surface area contributed by atoms with Gasteiger partial charge in [-0.15, -0.1) is 0 Å². The number of fused-ring (bicyclic) bond motifs is 3. The highest BCUT2D eigenvalue weighted by Crippen LogP contribution is 2.27. The van der Waals surface area contributed by atoms with E-state index < -0.39 is 0 Å². The van der Waals surface area contributed by atoms with E-state index in [0.29, 0.717) is 16.5 Å². The predicted octanol–water partition coefficient (Wildman–Crippen LogP) is 2.54. The number of aliphatic hydroxyl groups excluding tert-OH is 1. The van der Waals surface area contributed by atoms with Gasteiger partial charge in [0.15, 0.2) is 0 Å². The van der Waals surface area contributed by atoms with Gasteiger partial charge in [-0.25, -0.2) is 0 Å². The van der Waals surface area contributed by atoms with Crippen LogP contribution in [0.1, 0.15) is 5.56 Å². The molecule has 0 saturated heterocycles. The molecule has 1 aromatic carbocycles. The second-order valence-electron chi connectivity index (χ2n) is 3.90. The highest BCUT2D eigenvalue weighted by Gasteiger charge is 2.12. The van der Waals surface area contributed by atoms with Crippen molar-refractivity contribution < 1.29 is 5.11 Å². The Hall–Kier alpha value is -2.49. The summed E-state index contributed by atoms with van der Waals surface area (Å²) in [5.41, 5.74) is 1.55. The summed E-state index contributed by atoms with van der Waals surface area (Å²) in [4.78, 5) is 17.5. The van der Waals surface area contributed by atoms with Gasteiger partial charge in [-0.05, 0) is 6.07 Å². The quantitative estimate of drug-likeness (QED) is 0.558. The molecule has 17 heavy (non-hydrogen) atoms. The molecule has 3 aromatic rings. The molecule has 0 spiro atoms. The monoisotopic (exact) mass is 226 g/mol. The van der Waals surface area contributed by atoms with Crippen molar-refractivity contribution in [2.75, 3.05) is 0 Å². The summed E-state index contributed by atoms with van der Waals surface area (Å²) in [6, 6.07) is 7.46. The molecular formula is C13H10N2O2. The molecule has 0 fully saturated rings. The second kappa shape index (κ2) is 3.25. The van der Waals surface area contributed by atoms with Crippen LogP contribution < -0.4 is 5.56 Å². The van der Waals surface area contributed by atoms with Gasteiger partial charge in [-0.1, -0.05) is 24.8 Å². The van der Waals surface area contributed by atoms with Crippen molar-refractivity contribution in [1.29, 1.82) is 0 Å². The summed E-state index contributed by atoms with van der Waals surface area (Å²) in [6.45, 7) is 3.51. The summed E-state index contributed by atoms with van der Waals surface area (Å²) in [5.74, 6) is -0.0491. The Labute approximate surface area is 96.2 Å². The zero-order valence-electron chi connectivity index (χ0n) is 8.95. The van der Waals surface area contributed by atoms with Crippen LogP contribution in [0, 0.1) is 0 Å². The van der Waals surface area contributed by atoms with Crippen molar-refractivity contribution in [3.63, 3.8) is 0 Å². The maximum Gasteiger partial charge on any atom is 0.272 e. The fourth-order valence-corrected chi connectivity index (χ4v) is 2.10. The third-order valence-electron chi connectivity index (χ3n) is 2.86. The van der Waals surface area contributed by atoms with Crippen LogP contribution in [0.15, 0.2) is 41.8 Å². The minimum atomic E-state index is -0.203. The van der Waals surface area contributed by atoms with Crippen LogP contribution in [0.5, 0.6) is 0 Å². The molecule has 0 aliphatic carbocycles. The van der Waals surface area contributed by atoms with Crippen molar-refractivity contribution in [2.45, 2.75) is 0 Å². The van der Waals surface area contributed by atoms with Gasteiger partial charge in [0.05, 0.1) is 0 Å². The van der Waals surface area contributed by atoms with Crippen molar-refractivity contribution in [1.82, 2.24) is 9.97 Å². The SMILES string of the molecule is C=C(O)c1c[nH]c2c(=O)[nH]c3ccccc3c12. The number of aromatic nitrogens is 2. The molecule has 0 bridgehead atoms. The first-order valence-electron chi connectivity index (χ1n) is 5.19. The van der Waals surface area contributed by atoms with Gasteiger partial charge in [0.25, 0.3) is 5.56 Å². The average Bonchev–Trinajstić information content (AvgIpc) is 2.74. The smallest absolute Gasteiger partial charge is 0.272 e. The predicted molar refractivity (Wildman–Crippen MR) is 68.1 cm³/mol. The average molecular weight is 226 g/mol. The standard InChI is InChI=1S/C13H10N2O2/c1-7(16)9-6-14-12-11(9)8-4-2-3-5-10(8)15-13(12)17/h2-6,14,16H,1H2,(H,15,17). The number of aromatic amines is 2. The van der Waals surface area contributed by atoms with Crippen LogP contribution in [0.3, 0.4) is 0 Å². The first-order chi connectivity index (χ1) is 8.18. The molecule has 0 aliphatic rings. The van der Waals surface area contributed by atoms with Gasteiger partial charge < -0.3 is 15.1 Å². The third kappa shape index (κ3) is 1.27. The van der Waals surface area contributed by atoms with Crippen LogP contribution in [0.4, 0.5) is 0 Å². The zero-order chi connectivity index (χ0) is 12.0. The number of aliphatic hydroxyl groups is 1. The fourth-order valence-electron chi connectivity index (χ4n) is 2.10. The van der Waals surface area contributed by atoms with Crippen molar-refractivity contribution in [3.05, 3.63) is 53.0 Å². The van der Waals surface area contributed by atoms with Crippen LogP contribution in [-0.2, 0) is 0 Å². The van der Waals surface area contributed by atoms with E-state index in [4.69, 9.17) is 0 Å². The number of pyridine rings is 1. The van der Waals surface area contributed by atoms with Gasteiger partial charge >= 0.3 is 0 Å². The van der Waals surface area contributed by atoms with E-state index in [9.17, 15) is 9.90 Å². The minimum absolute atomic E-state index is 0.0491. The number of hydrogen-bond donors (Lipinski definition) is 3. The molecule has 4 nitrogen and oxygen atoms in total. The van der Waals surface area contributed by atoms with E-state index in [0.717, 1.165) is 10.9 Å². The molecule has 0 unspecified atom stereocenters. The Morgan fingerprint density at radius 1 is 1.29 bits per heavy atom. The van der Waals surface area contributed by atoms with Gasteiger partial charge in [-0.3, -0.25) is 4.79 Å². The highest BCUT2D eigenvalue weighted by molar-refractivity contribution is 6.09. The summed E-state index contributed by atoms with van der Waals surface area (Å²) in [7, 11) is 0. The first-order valence-corrected chi connectivity index (χ1v) is 5.19. The number of hydrogen-bond acceptors (Lipinski definition) is 2. The first kappa shape index (κ1) is 9.72. The van der Waals surface area contributed by atoms with Crippen LogP contribution in [-0.4, -0.2) is 15.1 Å². The Bertz CT molecular complexity index is 796. The molecule has 3 rings (SSSR count). The molecule has 4 heteroatoms. The maximum atomic E-state index is 11.8. The summed E-state index contributed by atoms with van der Waals surface area (Å²) in [6.07, 6.45) is 1.59. The van der Waals surface area contributed by atoms with Crippen LogP contribution in [0.25, 0.3) is 27.6 Å². The molecule has 2 heterocycles. The molecule has 3 N–H and O–H groups in total. The molecule has 0 aliphatic heterocycles. The topological polar surface area (TPSA) is 68.9 Å². The Balaban J connectivity index is 2.65. The van der Waals surface area contributed by atoms with E-state index in [-0.39, 0.29) is 11.3 Å². The van der Waals surface area contributed by atoms with E-state index >= 15 is 0 Å². The molecular weight excluding hydrogens is 216 g/mol. The molecule has 2 aromatic heterocycles. The number of para-hydroxylation sites is 1. The minimum Gasteiger partial charge on any atom is -0.508 e. The summed E-state index contributed by atoms with van der Waals surface area (Å²) >= 11 is 0. The molecule has 0 radical (unpaired) electrons. The largest absolute Gasteiger partial charge is 0.508 e. The van der Waals surface area contributed by atoms with Crippen molar-refractivity contribution in [3.8, 4) is 0 Å². The lowest BCUT2D eigenvalue weighted by atomic mass is 10.1. The lowest BCUT2D eigenvalue weighted by Crippen LogP contribution is -2.06. The van der Waals surface area contributed by atoms with Gasteiger partial charge in [0, 0.05) is 28.0 Å². The van der Waals surface area contributed by atoms with E-state index in [1.54, 1.807) is 6.20 Å². The maximum absolute atomic E-state index is 11.8. The molecule has 0 atom stereocenters. The molecule has 0 amide bonds. The van der Waals surface area contributed by atoms with Crippen molar-refractivity contribution >= 4 is 27.6 Å². The lowest BCUT2D eigenvalue weighted by Gasteiger charge is -2.01. The van der Waals surface area contributed by atoms with Gasteiger partial charge in [0.1, 0.15) is 11.3 Å². The van der Waals surface area contributed by atoms with Crippen LogP contribution in [0.2, 0.25) is 0 Å². The van der Waals surface area contributed by atoms with Crippen molar-refractivity contribution in [2.24, 2.45) is 0 Å². The highest BCUT2D eigenvalue weighted by atomic mass is 16.3. The number of H-pyrrole nitrogens is 2. The number of rotatable bonds is 1. The van der Waals surface area contributed by atoms with Crippen LogP contribution >= 0.6 is 0 Å². The fraction of sp³-hybridized carbons (Fsp3) is 0. The van der Waals surface area contributed by atoms with E-state index in [1.807, 2.05) is 24.3 Å². The van der Waals surface area contributed by atoms with E-state index in [1.165, 1.54) is 0 Å². The zero-order valence-corrected chi connectivity index (χ0v) is 8.95. The summed E-state index contributed by atoms with van der Waals surface area (Å²) < 4.78 is 0.